The maximum absolute atomic E-state index is 12.2. The highest BCUT2D eigenvalue weighted by atomic mass is 16.2. The number of rotatable bonds is 7. The summed E-state index contributed by atoms with van der Waals surface area (Å²) in [6.07, 6.45) is 5.28. The smallest absolute Gasteiger partial charge is 0.240 e. The zero-order chi connectivity index (χ0) is 19.6. The summed E-state index contributed by atoms with van der Waals surface area (Å²) in [6, 6.07) is 23.3. The van der Waals surface area contributed by atoms with E-state index < -0.39 is 0 Å². The monoisotopic (exact) mass is 371 g/mol. The van der Waals surface area contributed by atoms with Crippen LogP contribution in [-0.2, 0) is 9.59 Å². The lowest BCUT2D eigenvalue weighted by Gasteiger charge is -2.08. The third-order valence-electron chi connectivity index (χ3n) is 4.08. The molecule has 0 saturated carbocycles. The second-order valence-electron chi connectivity index (χ2n) is 6.16. The van der Waals surface area contributed by atoms with E-state index in [4.69, 9.17) is 0 Å². The van der Waals surface area contributed by atoms with Gasteiger partial charge in [-0.2, -0.15) is 5.10 Å². The molecule has 0 saturated heterocycles. The first-order chi connectivity index (χ1) is 13.7. The van der Waals surface area contributed by atoms with Crippen molar-refractivity contribution in [1.82, 2.24) is 5.43 Å². The van der Waals surface area contributed by atoms with Gasteiger partial charge in [0, 0.05) is 30.1 Å². The number of fused-ring (bicyclic) bond motifs is 1. The summed E-state index contributed by atoms with van der Waals surface area (Å²) in [4.78, 5) is 24.0. The molecule has 0 aromatic heterocycles. The number of hydrogen-bond donors (Lipinski definition) is 2. The van der Waals surface area contributed by atoms with Crippen LogP contribution in [-0.4, -0.2) is 18.0 Å². The molecule has 140 valence electrons. The molecule has 5 nitrogen and oxygen atoms in total. The number of nitrogens with one attached hydrogen (secondary N) is 2. The summed E-state index contributed by atoms with van der Waals surface area (Å²) in [5, 5.41) is 8.73. The number of carbonyl (C=O) groups is 2. The van der Waals surface area contributed by atoms with E-state index in [0.717, 1.165) is 22.0 Å². The van der Waals surface area contributed by atoms with Crippen molar-refractivity contribution in [2.75, 3.05) is 5.32 Å². The van der Waals surface area contributed by atoms with Crippen LogP contribution in [0.15, 0.2) is 84.0 Å². The van der Waals surface area contributed by atoms with Crippen LogP contribution in [0, 0.1) is 0 Å². The normalized spacial score (nSPS) is 11.1. The summed E-state index contributed by atoms with van der Waals surface area (Å²) < 4.78 is 0. The van der Waals surface area contributed by atoms with E-state index in [-0.39, 0.29) is 24.7 Å². The molecule has 0 radical (unpaired) electrons. The average molecular weight is 371 g/mol. The first-order valence-corrected chi connectivity index (χ1v) is 9.03. The van der Waals surface area contributed by atoms with Crippen LogP contribution in [0.5, 0.6) is 0 Å². The number of anilines is 1. The molecule has 2 N–H and O–H groups in total. The molecule has 0 aliphatic carbocycles. The predicted octanol–water partition coefficient (Wildman–Crippen LogP) is 4.37. The van der Waals surface area contributed by atoms with Gasteiger partial charge in [0.1, 0.15) is 0 Å². The largest absolute Gasteiger partial charge is 0.326 e. The van der Waals surface area contributed by atoms with Crippen molar-refractivity contribution in [2.45, 2.75) is 12.8 Å². The molecule has 0 atom stereocenters. The van der Waals surface area contributed by atoms with Crippen LogP contribution < -0.4 is 10.7 Å². The molecule has 0 unspecified atom stereocenters. The maximum atomic E-state index is 12.2. The van der Waals surface area contributed by atoms with Crippen molar-refractivity contribution >= 4 is 40.6 Å². The highest BCUT2D eigenvalue weighted by molar-refractivity contribution is 6.02. The molecule has 3 aromatic rings. The molecule has 28 heavy (non-hydrogen) atoms. The van der Waals surface area contributed by atoms with Gasteiger partial charge in [-0.05, 0) is 23.1 Å². The first-order valence-electron chi connectivity index (χ1n) is 9.03. The molecule has 0 fully saturated rings. The molecule has 0 heterocycles. The molecule has 3 aromatic carbocycles. The molecule has 0 bridgehead atoms. The van der Waals surface area contributed by atoms with Crippen molar-refractivity contribution in [3.63, 3.8) is 0 Å². The van der Waals surface area contributed by atoms with Gasteiger partial charge >= 0.3 is 0 Å². The lowest BCUT2D eigenvalue weighted by Crippen LogP contribution is -2.20. The Labute approximate surface area is 163 Å². The van der Waals surface area contributed by atoms with Gasteiger partial charge < -0.3 is 5.32 Å². The van der Waals surface area contributed by atoms with Gasteiger partial charge in [-0.15, -0.1) is 0 Å². The Balaban J connectivity index is 1.43. The maximum Gasteiger partial charge on any atom is 0.240 e. The molecule has 2 amide bonds. The molecular weight excluding hydrogens is 350 g/mol. The molecule has 0 spiro atoms. The Morgan fingerprint density at radius 2 is 1.54 bits per heavy atom. The Kier molecular flexibility index (Phi) is 6.68. The molecule has 3 rings (SSSR count). The summed E-state index contributed by atoms with van der Waals surface area (Å²) in [5.74, 6) is -0.517. The van der Waals surface area contributed by atoms with Gasteiger partial charge in [-0.3, -0.25) is 9.59 Å². The van der Waals surface area contributed by atoms with Crippen molar-refractivity contribution in [3.8, 4) is 0 Å². The van der Waals surface area contributed by atoms with Gasteiger partial charge in [0.05, 0.1) is 0 Å². The van der Waals surface area contributed by atoms with Crippen LogP contribution in [0.2, 0.25) is 0 Å². The fraction of sp³-hybridized carbons (Fsp3) is 0.0870. The summed E-state index contributed by atoms with van der Waals surface area (Å²) in [5.41, 5.74) is 4.21. The van der Waals surface area contributed by atoms with Crippen molar-refractivity contribution < 1.29 is 9.59 Å². The number of carbonyl (C=O) groups excluding carboxylic acids is 2. The van der Waals surface area contributed by atoms with Gasteiger partial charge in [-0.25, -0.2) is 5.43 Å². The van der Waals surface area contributed by atoms with E-state index in [2.05, 4.69) is 15.8 Å². The van der Waals surface area contributed by atoms with E-state index in [1.165, 1.54) is 6.21 Å². The number of allylic oxidation sites excluding steroid dienone is 1. The van der Waals surface area contributed by atoms with Gasteiger partial charge in [-0.1, -0.05) is 72.8 Å². The Hall–Kier alpha value is -3.73. The van der Waals surface area contributed by atoms with Crippen LogP contribution >= 0.6 is 0 Å². The molecular formula is C23H21N3O2. The third-order valence-corrected chi connectivity index (χ3v) is 4.08. The van der Waals surface area contributed by atoms with Gasteiger partial charge in [0.25, 0.3) is 0 Å². The molecule has 0 aliphatic heterocycles. The first kappa shape index (κ1) is 19.0. The van der Waals surface area contributed by atoms with E-state index in [1.54, 1.807) is 6.08 Å². The average Bonchev–Trinajstić information content (AvgIpc) is 2.73. The van der Waals surface area contributed by atoms with Gasteiger partial charge in [0.2, 0.25) is 11.8 Å². The van der Waals surface area contributed by atoms with Crippen LogP contribution in [0.3, 0.4) is 0 Å². The zero-order valence-electron chi connectivity index (χ0n) is 15.3. The van der Waals surface area contributed by atoms with Crippen molar-refractivity contribution in [1.29, 1.82) is 0 Å². The quantitative estimate of drug-likeness (QED) is 0.478. The zero-order valence-corrected chi connectivity index (χ0v) is 15.3. The number of benzene rings is 3. The Morgan fingerprint density at radius 3 is 2.39 bits per heavy atom. The second-order valence-corrected chi connectivity index (χ2v) is 6.16. The summed E-state index contributed by atoms with van der Waals surface area (Å²) in [7, 11) is 0. The van der Waals surface area contributed by atoms with Crippen LogP contribution in [0.25, 0.3) is 16.8 Å². The Bertz CT molecular complexity index is 1010. The van der Waals surface area contributed by atoms with Crippen molar-refractivity contribution in [2.24, 2.45) is 5.10 Å². The van der Waals surface area contributed by atoms with E-state index in [0.29, 0.717) is 0 Å². The highest BCUT2D eigenvalue weighted by Crippen LogP contribution is 2.23. The minimum absolute atomic E-state index is 0.0658. The molecule has 0 aliphatic rings. The number of amides is 2. The number of nitrogens with zero attached hydrogens (tertiary/aromatic N) is 1. The second kappa shape index (κ2) is 9.83. The SMILES string of the molecule is O=C(CCC(=O)Nc1cccc2ccccc12)N/N=C\C=C\c1ccccc1. The van der Waals surface area contributed by atoms with Crippen molar-refractivity contribution in [3.05, 3.63) is 84.4 Å². The minimum atomic E-state index is -0.308. The number of hydrogen-bond acceptors (Lipinski definition) is 3. The fourth-order valence-electron chi connectivity index (χ4n) is 2.70. The minimum Gasteiger partial charge on any atom is -0.326 e. The standard InChI is InChI=1S/C23H21N3O2/c27-22(25-21-14-6-12-19-11-4-5-13-20(19)21)15-16-23(28)26-24-17-7-10-18-8-2-1-3-9-18/h1-14,17H,15-16H2,(H,25,27)(H,26,28)/b10-7+,24-17-. The summed E-state index contributed by atoms with van der Waals surface area (Å²) in [6.45, 7) is 0. The molecule has 5 heteroatoms. The topological polar surface area (TPSA) is 70.6 Å². The van der Waals surface area contributed by atoms with Gasteiger partial charge in [0.15, 0.2) is 0 Å². The van der Waals surface area contributed by atoms with E-state index in [1.807, 2.05) is 78.9 Å². The highest BCUT2D eigenvalue weighted by Gasteiger charge is 2.08. The third kappa shape index (κ3) is 5.64. The lowest BCUT2D eigenvalue weighted by molar-refractivity contribution is -0.124. The predicted molar refractivity (Wildman–Crippen MR) is 114 cm³/mol. The lowest BCUT2D eigenvalue weighted by atomic mass is 10.1. The van der Waals surface area contributed by atoms with E-state index in [9.17, 15) is 9.59 Å². The summed E-state index contributed by atoms with van der Waals surface area (Å²) >= 11 is 0. The van der Waals surface area contributed by atoms with Crippen LogP contribution in [0.1, 0.15) is 18.4 Å². The number of hydrazone groups is 1. The Morgan fingerprint density at radius 1 is 0.821 bits per heavy atom. The van der Waals surface area contributed by atoms with E-state index >= 15 is 0 Å². The fourth-order valence-corrected chi connectivity index (χ4v) is 2.70. The van der Waals surface area contributed by atoms with Crippen LogP contribution in [0.4, 0.5) is 5.69 Å².